The quantitative estimate of drug-likeness (QED) is 0.502. The number of pyridine rings is 1. The number of hydrogen-bond acceptors (Lipinski definition) is 6. The first-order valence-electron chi connectivity index (χ1n) is 6.05. The van der Waals surface area contributed by atoms with E-state index in [1.807, 2.05) is 0 Å². The number of carbonyl (C=O) groups excluding carboxylic acids is 1. The van der Waals surface area contributed by atoms with Gasteiger partial charge in [-0.25, -0.2) is 15.0 Å². The van der Waals surface area contributed by atoms with E-state index in [2.05, 4.69) is 19.9 Å². The molecule has 0 bridgehead atoms. The lowest BCUT2D eigenvalue weighted by atomic mass is 10.2. The van der Waals surface area contributed by atoms with Crippen LogP contribution in [0.1, 0.15) is 6.92 Å². The molecule has 0 saturated heterocycles. The average molecular weight is 283 g/mol. The monoisotopic (exact) mass is 283 g/mol. The third kappa shape index (κ3) is 3.69. The molecule has 2 heterocycles. The van der Waals surface area contributed by atoms with Gasteiger partial charge in [0.1, 0.15) is 5.76 Å². The van der Waals surface area contributed by atoms with Crippen LogP contribution in [-0.4, -0.2) is 32.2 Å². The Hall–Kier alpha value is -3.09. The predicted octanol–water partition coefficient (Wildman–Crippen LogP) is 1.56. The first kappa shape index (κ1) is 14.3. The molecular formula is C14H13N5O2. The van der Waals surface area contributed by atoms with Crippen molar-refractivity contribution in [1.82, 2.24) is 15.0 Å². The highest BCUT2D eigenvalue weighted by molar-refractivity contribution is 6.12. The standard InChI is InChI=1S/C14H13N5O2/c1-9(20)11(13(15)21)8-18-12-4-7-17-14(19-12)10-2-5-16-6-3-10/h2-8,20H,1H3,(H2,15,21). The van der Waals surface area contributed by atoms with E-state index < -0.39 is 5.91 Å². The number of nitrogens with zero attached hydrogens (tertiary/aromatic N) is 4. The average Bonchev–Trinajstić information content (AvgIpc) is 2.48. The van der Waals surface area contributed by atoms with Gasteiger partial charge < -0.3 is 10.8 Å². The van der Waals surface area contributed by atoms with E-state index >= 15 is 0 Å². The molecule has 0 radical (unpaired) electrons. The highest BCUT2D eigenvalue weighted by Gasteiger charge is 2.06. The first-order chi connectivity index (χ1) is 10.1. The van der Waals surface area contributed by atoms with Gasteiger partial charge in [-0.05, 0) is 19.1 Å². The molecule has 7 heteroatoms. The van der Waals surface area contributed by atoms with Crippen molar-refractivity contribution in [2.45, 2.75) is 6.92 Å². The first-order valence-corrected chi connectivity index (χ1v) is 6.05. The van der Waals surface area contributed by atoms with Gasteiger partial charge in [-0.15, -0.1) is 0 Å². The molecule has 2 aromatic heterocycles. The van der Waals surface area contributed by atoms with Gasteiger partial charge in [0, 0.05) is 36.4 Å². The fourth-order valence-electron chi connectivity index (χ4n) is 1.53. The van der Waals surface area contributed by atoms with E-state index in [1.165, 1.54) is 13.1 Å². The number of rotatable bonds is 4. The highest BCUT2D eigenvalue weighted by atomic mass is 16.3. The summed E-state index contributed by atoms with van der Waals surface area (Å²) in [7, 11) is 0. The number of nitrogens with two attached hydrogens (primary N) is 1. The second-order valence-corrected chi connectivity index (χ2v) is 4.10. The summed E-state index contributed by atoms with van der Waals surface area (Å²) in [6.45, 7) is 1.36. The molecule has 7 nitrogen and oxygen atoms in total. The number of aliphatic imine (C=N–C) groups is 1. The Bertz CT molecular complexity index is 706. The third-order valence-electron chi connectivity index (χ3n) is 2.56. The lowest BCUT2D eigenvalue weighted by Crippen LogP contribution is -2.16. The maximum absolute atomic E-state index is 11.1. The summed E-state index contributed by atoms with van der Waals surface area (Å²) in [5, 5.41) is 9.34. The van der Waals surface area contributed by atoms with Crippen LogP contribution in [0.25, 0.3) is 11.4 Å². The zero-order valence-corrected chi connectivity index (χ0v) is 11.3. The number of primary amides is 1. The van der Waals surface area contributed by atoms with Crippen LogP contribution in [0.4, 0.5) is 5.82 Å². The molecule has 0 aliphatic heterocycles. The topological polar surface area (TPSA) is 114 Å². The number of allylic oxidation sites excluding steroid dienone is 1. The molecule has 0 atom stereocenters. The largest absolute Gasteiger partial charge is 0.512 e. The van der Waals surface area contributed by atoms with Crippen LogP contribution < -0.4 is 5.73 Å². The van der Waals surface area contributed by atoms with Gasteiger partial charge in [-0.3, -0.25) is 9.78 Å². The molecule has 1 amide bonds. The van der Waals surface area contributed by atoms with Gasteiger partial charge in [0.05, 0.1) is 5.57 Å². The maximum Gasteiger partial charge on any atom is 0.253 e. The fourth-order valence-corrected chi connectivity index (χ4v) is 1.53. The Balaban J connectivity index is 2.31. The fraction of sp³-hybridized carbons (Fsp3) is 0.0714. The molecular weight excluding hydrogens is 270 g/mol. The highest BCUT2D eigenvalue weighted by Crippen LogP contribution is 2.16. The molecule has 0 fully saturated rings. The van der Waals surface area contributed by atoms with Crippen LogP contribution in [0.2, 0.25) is 0 Å². The number of aliphatic hydroxyl groups is 1. The summed E-state index contributed by atoms with van der Waals surface area (Å²) in [4.78, 5) is 27.5. The van der Waals surface area contributed by atoms with E-state index in [4.69, 9.17) is 5.73 Å². The number of aromatic nitrogens is 3. The summed E-state index contributed by atoms with van der Waals surface area (Å²) in [6.07, 6.45) is 6.00. The van der Waals surface area contributed by atoms with Gasteiger partial charge >= 0.3 is 0 Å². The minimum Gasteiger partial charge on any atom is -0.512 e. The van der Waals surface area contributed by atoms with Crippen LogP contribution in [0.15, 0.2) is 53.1 Å². The normalized spacial score (nSPS) is 12.2. The van der Waals surface area contributed by atoms with Crippen molar-refractivity contribution in [3.05, 3.63) is 48.1 Å². The third-order valence-corrected chi connectivity index (χ3v) is 2.56. The van der Waals surface area contributed by atoms with Crippen molar-refractivity contribution in [1.29, 1.82) is 0 Å². The number of carbonyl (C=O) groups is 1. The van der Waals surface area contributed by atoms with Gasteiger partial charge in [0.2, 0.25) is 0 Å². The van der Waals surface area contributed by atoms with Gasteiger partial charge in [-0.1, -0.05) is 0 Å². The summed E-state index contributed by atoms with van der Waals surface area (Å²) in [6, 6.07) is 5.12. The van der Waals surface area contributed by atoms with Gasteiger partial charge in [0.15, 0.2) is 11.6 Å². The Morgan fingerprint density at radius 2 is 2.00 bits per heavy atom. The molecule has 0 aliphatic rings. The Morgan fingerprint density at radius 1 is 1.29 bits per heavy atom. The van der Waals surface area contributed by atoms with E-state index in [9.17, 15) is 9.90 Å². The number of amides is 1. The van der Waals surface area contributed by atoms with Crippen LogP contribution in [-0.2, 0) is 4.79 Å². The van der Waals surface area contributed by atoms with Gasteiger partial charge in [0.25, 0.3) is 5.91 Å². The second kappa shape index (κ2) is 6.38. The second-order valence-electron chi connectivity index (χ2n) is 4.10. The molecule has 0 spiro atoms. The summed E-state index contributed by atoms with van der Waals surface area (Å²) >= 11 is 0. The summed E-state index contributed by atoms with van der Waals surface area (Å²) in [5.41, 5.74) is 5.86. The van der Waals surface area contributed by atoms with E-state index in [1.54, 1.807) is 36.8 Å². The molecule has 2 aromatic rings. The minimum absolute atomic E-state index is 0.0703. The molecule has 3 N–H and O–H groups in total. The van der Waals surface area contributed by atoms with Crippen molar-refractivity contribution >= 4 is 17.9 Å². The number of aliphatic hydroxyl groups excluding tert-OH is 1. The van der Waals surface area contributed by atoms with Crippen molar-refractivity contribution in [3.8, 4) is 11.4 Å². The smallest absolute Gasteiger partial charge is 0.253 e. The van der Waals surface area contributed by atoms with E-state index in [0.29, 0.717) is 11.6 Å². The Morgan fingerprint density at radius 3 is 2.62 bits per heavy atom. The van der Waals surface area contributed by atoms with Crippen LogP contribution >= 0.6 is 0 Å². The zero-order chi connectivity index (χ0) is 15.2. The van der Waals surface area contributed by atoms with Crippen LogP contribution in [0, 0.1) is 0 Å². The predicted molar refractivity (Wildman–Crippen MR) is 77.9 cm³/mol. The van der Waals surface area contributed by atoms with Crippen molar-refractivity contribution in [2.24, 2.45) is 10.7 Å². The van der Waals surface area contributed by atoms with Gasteiger partial charge in [-0.2, -0.15) is 0 Å². The maximum atomic E-state index is 11.1. The van der Waals surface area contributed by atoms with E-state index in [0.717, 1.165) is 5.56 Å². The molecule has 0 unspecified atom stereocenters. The lowest BCUT2D eigenvalue weighted by Gasteiger charge is -2.00. The molecule has 2 rings (SSSR count). The zero-order valence-electron chi connectivity index (χ0n) is 11.3. The van der Waals surface area contributed by atoms with Crippen molar-refractivity contribution in [2.75, 3.05) is 0 Å². The Kier molecular flexibility index (Phi) is 4.35. The van der Waals surface area contributed by atoms with Crippen LogP contribution in [0.3, 0.4) is 0 Å². The minimum atomic E-state index is -0.762. The summed E-state index contributed by atoms with van der Waals surface area (Å²) in [5.74, 6) is -0.133. The molecule has 0 aliphatic carbocycles. The summed E-state index contributed by atoms with van der Waals surface area (Å²) < 4.78 is 0. The van der Waals surface area contributed by atoms with E-state index in [-0.39, 0.29) is 11.3 Å². The van der Waals surface area contributed by atoms with Crippen molar-refractivity contribution < 1.29 is 9.90 Å². The Labute approximate surface area is 120 Å². The SMILES string of the molecule is CC(O)=C(C=Nc1ccnc(-c2ccncc2)n1)C(N)=O. The van der Waals surface area contributed by atoms with Crippen molar-refractivity contribution in [3.63, 3.8) is 0 Å². The number of hydrogen-bond donors (Lipinski definition) is 2. The van der Waals surface area contributed by atoms with Crippen LogP contribution in [0.5, 0.6) is 0 Å². The molecule has 106 valence electrons. The molecule has 21 heavy (non-hydrogen) atoms. The lowest BCUT2D eigenvalue weighted by molar-refractivity contribution is -0.114. The molecule has 0 saturated carbocycles. The molecule has 0 aromatic carbocycles.